The summed E-state index contributed by atoms with van der Waals surface area (Å²) in [6.07, 6.45) is 0.124. The Morgan fingerprint density at radius 1 is 1.28 bits per heavy atom. The molecule has 10 heteroatoms. The number of nitrogens with one attached hydrogen (secondary N) is 1. The molecule has 0 unspecified atom stereocenters. The molecule has 1 atom stereocenters. The highest BCUT2D eigenvalue weighted by Crippen LogP contribution is 2.38. The lowest BCUT2D eigenvalue weighted by atomic mass is 9.98. The summed E-state index contributed by atoms with van der Waals surface area (Å²) in [6.45, 7) is 2.33. The van der Waals surface area contributed by atoms with Crippen LogP contribution in [0.5, 0.6) is 0 Å². The Morgan fingerprint density at radius 3 is 2.66 bits per heavy atom. The van der Waals surface area contributed by atoms with Gasteiger partial charge in [-0.1, -0.05) is 0 Å². The maximum absolute atomic E-state index is 15.0. The van der Waals surface area contributed by atoms with Crippen molar-refractivity contribution in [2.45, 2.75) is 19.4 Å². The first-order valence-electron chi connectivity index (χ1n) is 9.97. The van der Waals surface area contributed by atoms with Gasteiger partial charge in [0.15, 0.2) is 0 Å². The number of fused-ring (bicyclic) bond motifs is 1. The summed E-state index contributed by atoms with van der Waals surface area (Å²) in [7, 11) is 1.36. The topological polar surface area (TPSA) is 105 Å². The second-order valence-electron chi connectivity index (χ2n) is 7.55. The van der Waals surface area contributed by atoms with Gasteiger partial charge in [-0.15, -0.1) is 0 Å². The number of hydrogen-bond acceptors (Lipinski definition) is 5. The van der Waals surface area contributed by atoms with Crippen LogP contribution in [0.3, 0.4) is 0 Å². The number of nitrogens with zero attached hydrogens (tertiary/aromatic N) is 2. The normalized spacial score (nSPS) is 16.4. The number of furan rings is 1. The van der Waals surface area contributed by atoms with Gasteiger partial charge in [0, 0.05) is 54.5 Å². The number of carbonyl (C=O) groups is 2. The van der Waals surface area contributed by atoms with Crippen molar-refractivity contribution < 1.29 is 32.6 Å². The first-order valence-corrected chi connectivity index (χ1v) is 9.97. The number of amides is 2. The van der Waals surface area contributed by atoms with Gasteiger partial charge in [0.2, 0.25) is 0 Å². The van der Waals surface area contributed by atoms with Crippen LogP contribution in [0.1, 0.15) is 21.6 Å². The average Bonchev–Trinajstić information content (AvgIpc) is 3.09. The van der Waals surface area contributed by atoms with E-state index in [-0.39, 0.29) is 37.4 Å². The zero-order valence-electron chi connectivity index (χ0n) is 17.4. The minimum absolute atomic E-state index is 0.0399. The van der Waals surface area contributed by atoms with E-state index in [9.17, 15) is 14.7 Å². The SMILES string of the molecule is CNC(=O)c1cc(F)c(-c2oc3cc(C)ncc3c2C[C@H]2CN(C(=O)O)CCO2)c(F)c1. The predicted octanol–water partition coefficient (Wildman–Crippen LogP) is 3.36. The Morgan fingerprint density at radius 2 is 2.00 bits per heavy atom. The summed E-state index contributed by atoms with van der Waals surface area (Å²) < 4.78 is 41.6. The Balaban J connectivity index is 1.82. The number of morpholine rings is 1. The van der Waals surface area contributed by atoms with Crippen molar-refractivity contribution in [3.8, 4) is 11.3 Å². The first kappa shape index (κ1) is 21.7. The van der Waals surface area contributed by atoms with Crippen LogP contribution in [0.25, 0.3) is 22.3 Å². The molecule has 8 nitrogen and oxygen atoms in total. The second-order valence-corrected chi connectivity index (χ2v) is 7.55. The van der Waals surface area contributed by atoms with Crippen LogP contribution in [0, 0.1) is 18.6 Å². The number of hydrogen-bond donors (Lipinski definition) is 2. The highest BCUT2D eigenvalue weighted by Gasteiger charge is 2.29. The lowest BCUT2D eigenvalue weighted by Gasteiger charge is -2.31. The van der Waals surface area contributed by atoms with Gasteiger partial charge in [-0.25, -0.2) is 13.6 Å². The number of carboxylic acid groups (broad SMARTS) is 1. The van der Waals surface area contributed by atoms with E-state index < -0.39 is 35.3 Å². The van der Waals surface area contributed by atoms with Gasteiger partial charge >= 0.3 is 6.09 Å². The highest BCUT2D eigenvalue weighted by atomic mass is 19.1. The molecule has 4 rings (SSSR count). The smallest absolute Gasteiger partial charge is 0.407 e. The quantitative estimate of drug-likeness (QED) is 0.638. The third-order valence-electron chi connectivity index (χ3n) is 5.41. The number of pyridine rings is 1. The minimum atomic E-state index is -1.06. The summed E-state index contributed by atoms with van der Waals surface area (Å²) in [4.78, 5) is 28.7. The molecular formula is C22H21F2N3O5. The second kappa shape index (κ2) is 8.54. The Hall–Kier alpha value is -3.53. The number of benzene rings is 1. The number of halogens is 2. The first-order chi connectivity index (χ1) is 15.3. The summed E-state index contributed by atoms with van der Waals surface area (Å²) in [6, 6.07) is 3.55. The zero-order chi connectivity index (χ0) is 23.0. The number of ether oxygens (including phenoxy) is 1. The van der Waals surface area contributed by atoms with E-state index in [1.807, 2.05) is 0 Å². The molecule has 2 amide bonds. The van der Waals surface area contributed by atoms with E-state index in [1.54, 1.807) is 19.2 Å². The predicted molar refractivity (Wildman–Crippen MR) is 111 cm³/mol. The Bertz CT molecular complexity index is 1190. The maximum atomic E-state index is 15.0. The Labute approximate surface area is 181 Å². The molecule has 2 N–H and O–H groups in total. The molecule has 0 aliphatic carbocycles. The van der Waals surface area contributed by atoms with Gasteiger partial charge in [-0.3, -0.25) is 9.78 Å². The van der Waals surface area contributed by atoms with Gasteiger partial charge in [-0.2, -0.15) is 0 Å². The van der Waals surface area contributed by atoms with Crippen molar-refractivity contribution in [1.29, 1.82) is 0 Å². The van der Waals surface area contributed by atoms with E-state index in [4.69, 9.17) is 9.15 Å². The average molecular weight is 445 g/mol. The molecule has 1 aliphatic rings. The summed E-state index contributed by atoms with van der Waals surface area (Å²) in [5.41, 5.74) is 0.936. The molecule has 168 valence electrons. The summed E-state index contributed by atoms with van der Waals surface area (Å²) in [5, 5.41) is 12.2. The fraction of sp³-hybridized carbons (Fsp3) is 0.318. The fourth-order valence-electron chi connectivity index (χ4n) is 3.85. The standard InChI is InChI=1S/C22H21F2N3O5/c1-11-5-18-15(9-26-11)14(8-13-10-27(22(29)30)3-4-31-13)20(32-18)19-16(23)6-12(7-17(19)24)21(28)25-2/h5-7,9,13H,3-4,8,10H2,1-2H3,(H,25,28)(H,29,30)/t13-/m0/s1. The summed E-state index contributed by atoms with van der Waals surface area (Å²) >= 11 is 0. The van der Waals surface area contributed by atoms with Crippen LogP contribution in [0.2, 0.25) is 0 Å². The van der Waals surface area contributed by atoms with E-state index in [0.717, 1.165) is 12.1 Å². The third kappa shape index (κ3) is 4.01. The number of rotatable bonds is 4. The Kier molecular flexibility index (Phi) is 5.79. The van der Waals surface area contributed by atoms with Crippen molar-refractivity contribution in [3.05, 3.63) is 52.9 Å². The van der Waals surface area contributed by atoms with Crippen molar-refractivity contribution in [1.82, 2.24) is 15.2 Å². The highest BCUT2D eigenvalue weighted by molar-refractivity contribution is 5.95. The molecule has 1 saturated heterocycles. The molecule has 3 aromatic rings. The summed E-state index contributed by atoms with van der Waals surface area (Å²) in [5.74, 6) is -2.57. The maximum Gasteiger partial charge on any atom is 0.407 e. The molecule has 0 bridgehead atoms. The van der Waals surface area contributed by atoms with E-state index in [2.05, 4.69) is 10.3 Å². The number of aryl methyl sites for hydroxylation is 1. The van der Waals surface area contributed by atoms with Gasteiger partial charge in [-0.05, 0) is 19.1 Å². The monoisotopic (exact) mass is 445 g/mol. The van der Waals surface area contributed by atoms with Crippen molar-refractivity contribution in [2.75, 3.05) is 26.7 Å². The molecule has 1 aliphatic heterocycles. The minimum Gasteiger partial charge on any atom is -0.465 e. The fourth-order valence-corrected chi connectivity index (χ4v) is 3.85. The molecule has 1 fully saturated rings. The molecular weight excluding hydrogens is 424 g/mol. The zero-order valence-corrected chi connectivity index (χ0v) is 17.4. The van der Waals surface area contributed by atoms with Crippen LogP contribution < -0.4 is 5.32 Å². The number of aromatic nitrogens is 1. The number of carbonyl (C=O) groups excluding carboxylic acids is 1. The van der Waals surface area contributed by atoms with Crippen LogP contribution in [-0.2, 0) is 11.2 Å². The molecule has 1 aromatic carbocycles. The molecule has 32 heavy (non-hydrogen) atoms. The van der Waals surface area contributed by atoms with Gasteiger partial charge in [0.1, 0.15) is 23.0 Å². The van der Waals surface area contributed by atoms with Crippen LogP contribution >= 0.6 is 0 Å². The van der Waals surface area contributed by atoms with Crippen LogP contribution in [0.15, 0.2) is 28.8 Å². The van der Waals surface area contributed by atoms with E-state index in [1.165, 1.54) is 11.9 Å². The largest absolute Gasteiger partial charge is 0.465 e. The van der Waals surface area contributed by atoms with E-state index >= 15 is 8.78 Å². The van der Waals surface area contributed by atoms with Crippen molar-refractivity contribution in [2.24, 2.45) is 0 Å². The molecule has 3 heterocycles. The molecule has 0 saturated carbocycles. The lowest BCUT2D eigenvalue weighted by Crippen LogP contribution is -2.45. The van der Waals surface area contributed by atoms with E-state index in [0.29, 0.717) is 22.2 Å². The van der Waals surface area contributed by atoms with Crippen LogP contribution in [0.4, 0.5) is 13.6 Å². The van der Waals surface area contributed by atoms with Crippen molar-refractivity contribution >= 4 is 23.0 Å². The third-order valence-corrected chi connectivity index (χ3v) is 5.41. The van der Waals surface area contributed by atoms with Crippen molar-refractivity contribution in [3.63, 3.8) is 0 Å². The van der Waals surface area contributed by atoms with Gasteiger partial charge in [0.05, 0.1) is 24.8 Å². The lowest BCUT2D eigenvalue weighted by molar-refractivity contribution is -0.0209. The molecule has 0 radical (unpaired) electrons. The molecule has 2 aromatic heterocycles. The molecule has 0 spiro atoms. The van der Waals surface area contributed by atoms with Gasteiger partial charge < -0.3 is 24.5 Å². The van der Waals surface area contributed by atoms with Gasteiger partial charge in [0.25, 0.3) is 5.91 Å². The van der Waals surface area contributed by atoms with Crippen LogP contribution in [-0.4, -0.2) is 59.8 Å².